The summed E-state index contributed by atoms with van der Waals surface area (Å²) in [6.07, 6.45) is -8.98. The second kappa shape index (κ2) is 10.2. The topological polar surface area (TPSA) is 131 Å². The van der Waals surface area contributed by atoms with Gasteiger partial charge in [-0.15, -0.1) is 0 Å². The monoisotopic (exact) mass is 550 g/mol. The highest BCUT2D eigenvalue weighted by Gasteiger charge is 2.34. The summed E-state index contributed by atoms with van der Waals surface area (Å²) < 4.78 is 73.8. The molecule has 0 aliphatic carbocycles. The van der Waals surface area contributed by atoms with Crippen LogP contribution in [-0.4, -0.2) is 9.97 Å². The quantitative estimate of drug-likeness (QED) is 0.195. The second-order valence-electron chi connectivity index (χ2n) is 5.51. The van der Waals surface area contributed by atoms with Gasteiger partial charge in [0.25, 0.3) is 0 Å². The van der Waals surface area contributed by atoms with Crippen LogP contribution in [0.15, 0.2) is 24.3 Å². The molecule has 0 aliphatic heterocycles. The number of nitrogen functional groups attached to an aromatic ring is 3. The van der Waals surface area contributed by atoms with Crippen LogP contribution in [0.5, 0.6) is 0 Å². The number of aromatic nitrogens is 2. The highest BCUT2D eigenvalue weighted by molar-refractivity contribution is 9.12. The number of hydrogen-bond donors (Lipinski definition) is 4. The van der Waals surface area contributed by atoms with Crippen LogP contribution in [-0.2, 0) is 12.4 Å². The van der Waals surface area contributed by atoms with Gasteiger partial charge >= 0.3 is 12.4 Å². The van der Waals surface area contributed by atoms with E-state index in [1.807, 2.05) is 0 Å². The maximum Gasteiger partial charge on any atom is 0.417 e. The van der Waals surface area contributed by atoms with Gasteiger partial charge in [-0.2, -0.15) is 31.6 Å². The zero-order valence-corrected chi connectivity index (χ0v) is 17.9. The van der Waals surface area contributed by atoms with Gasteiger partial charge in [0.1, 0.15) is 4.98 Å². The number of nitrogens with one attached hydrogen (secondary N) is 1. The number of benzene rings is 2. The number of H-pyrrole nitrogens is 1. The van der Waals surface area contributed by atoms with Crippen LogP contribution < -0.4 is 17.2 Å². The molecule has 0 unspecified atom stereocenters. The molecule has 6 nitrogen and oxygen atoms in total. The summed E-state index contributed by atoms with van der Waals surface area (Å²) in [7, 11) is 0. The third-order valence-corrected chi connectivity index (χ3v) is 4.00. The predicted molar refractivity (Wildman–Crippen MR) is 110 cm³/mol. The van der Waals surface area contributed by atoms with Gasteiger partial charge in [0, 0.05) is 15.9 Å². The lowest BCUT2D eigenvalue weighted by Gasteiger charge is -2.10. The SMILES string of the molecule is N#CBr.Nc1cc(Cl)c(C(F)(F)F)cc1N.Nc1nc2cc(Cl)c(C(F)(F)F)cc2[nH]1. The molecule has 7 N–H and O–H groups in total. The molecule has 1 heterocycles. The maximum absolute atomic E-state index is 12.4. The van der Waals surface area contributed by atoms with Crippen LogP contribution in [0.3, 0.4) is 0 Å². The third-order valence-electron chi connectivity index (χ3n) is 3.37. The Hall–Kier alpha value is -2.56. The van der Waals surface area contributed by atoms with E-state index in [0.717, 1.165) is 24.3 Å². The molecule has 168 valence electrons. The minimum absolute atomic E-state index is 0.0398. The molecule has 0 radical (unpaired) electrons. The van der Waals surface area contributed by atoms with E-state index in [2.05, 4.69) is 25.9 Å². The van der Waals surface area contributed by atoms with Crippen LogP contribution in [0.2, 0.25) is 10.0 Å². The number of imidazole rings is 1. The summed E-state index contributed by atoms with van der Waals surface area (Å²) in [4.78, 5) is 7.84. The standard InChI is InChI=1S/C8H5ClF3N3.C7H6ClF3N2.CBrN/c9-4-2-6-5(14-7(13)15-6)1-3(4)8(10,11)12;8-4-2-6(13)5(12)1-3(4)7(9,10)11;2-1-3/h1-2H,(H3,13,14,15);1-2H,12-13H2;. The number of rotatable bonds is 0. The lowest BCUT2D eigenvalue weighted by Crippen LogP contribution is -2.07. The van der Waals surface area contributed by atoms with Gasteiger partial charge in [0.2, 0.25) is 0 Å². The molecule has 31 heavy (non-hydrogen) atoms. The van der Waals surface area contributed by atoms with Crippen molar-refractivity contribution in [2.45, 2.75) is 12.4 Å². The number of anilines is 3. The Kier molecular flexibility index (Phi) is 8.68. The molecule has 0 atom stereocenters. The molecule has 3 rings (SSSR count). The second-order valence-corrected chi connectivity index (χ2v) is 6.68. The van der Waals surface area contributed by atoms with Crippen LogP contribution in [0, 0.1) is 10.2 Å². The molecule has 0 fully saturated rings. The number of halogens is 9. The number of hydrogen-bond acceptors (Lipinski definition) is 5. The summed E-state index contributed by atoms with van der Waals surface area (Å²) >= 11 is 13.3. The van der Waals surface area contributed by atoms with Gasteiger partial charge in [-0.25, -0.2) is 4.98 Å². The number of aromatic amines is 1. The molecule has 0 aliphatic rings. The summed E-state index contributed by atoms with van der Waals surface area (Å²) in [6.45, 7) is 0. The van der Waals surface area contributed by atoms with E-state index >= 15 is 0 Å². The van der Waals surface area contributed by atoms with Crippen molar-refractivity contribution in [3.63, 3.8) is 0 Å². The van der Waals surface area contributed by atoms with E-state index in [1.54, 1.807) is 4.98 Å². The van der Waals surface area contributed by atoms with Crippen molar-refractivity contribution in [3.8, 4) is 4.98 Å². The first-order valence-electron chi connectivity index (χ1n) is 7.55. The summed E-state index contributed by atoms with van der Waals surface area (Å²) in [6, 6.07) is 3.73. The van der Waals surface area contributed by atoms with Crippen LogP contribution in [0.25, 0.3) is 11.0 Å². The smallest absolute Gasteiger partial charge is 0.397 e. The predicted octanol–water partition coefficient (Wildman–Crippen LogP) is 6.20. The maximum atomic E-state index is 12.4. The number of fused-ring (bicyclic) bond motifs is 1. The summed E-state index contributed by atoms with van der Waals surface area (Å²) in [5, 5.41) is 6.40. The summed E-state index contributed by atoms with van der Waals surface area (Å²) in [5.41, 5.74) is 14.3. The van der Waals surface area contributed by atoms with Gasteiger partial charge in [0.05, 0.1) is 43.6 Å². The molecular formula is C16H11BrCl2F6N6. The van der Waals surface area contributed by atoms with Crippen molar-refractivity contribution in [2.75, 3.05) is 17.2 Å². The van der Waals surface area contributed by atoms with Crippen molar-refractivity contribution >= 4 is 67.5 Å². The first-order valence-corrected chi connectivity index (χ1v) is 9.10. The largest absolute Gasteiger partial charge is 0.417 e. The zero-order chi connectivity index (χ0) is 24.1. The van der Waals surface area contributed by atoms with Crippen molar-refractivity contribution in [1.82, 2.24) is 9.97 Å². The average Bonchev–Trinajstić information content (AvgIpc) is 2.95. The van der Waals surface area contributed by atoms with Crippen molar-refractivity contribution in [1.29, 1.82) is 5.26 Å². The number of nitrogens with zero attached hydrogens (tertiary/aromatic N) is 2. The molecule has 0 saturated carbocycles. The highest BCUT2D eigenvalue weighted by Crippen LogP contribution is 2.38. The highest BCUT2D eigenvalue weighted by atomic mass is 79.9. The first kappa shape index (κ1) is 26.5. The Morgan fingerprint density at radius 2 is 1.29 bits per heavy atom. The van der Waals surface area contributed by atoms with Gasteiger partial charge in [-0.05, 0) is 24.3 Å². The Morgan fingerprint density at radius 1 is 0.871 bits per heavy atom. The van der Waals surface area contributed by atoms with Crippen molar-refractivity contribution < 1.29 is 26.3 Å². The normalized spacial score (nSPS) is 11.1. The Morgan fingerprint density at radius 3 is 1.77 bits per heavy atom. The van der Waals surface area contributed by atoms with Crippen molar-refractivity contribution in [3.05, 3.63) is 45.4 Å². The fraction of sp³-hybridized carbons (Fsp3) is 0.125. The molecular weight excluding hydrogens is 541 g/mol. The fourth-order valence-corrected chi connectivity index (χ4v) is 2.64. The fourth-order valence-electron chi connectivity index (χ4n) is 2.09. The zero-order valence-electron chi connectivity index (χ0n) is 14.8. The minimum atomic E-state index is -4.50. The van der Waals surface area contributed by atoms with Crippen LogP contribution in [0.1, 0.15) is 11.1 Å². The first-order chi connectivity index (χ1) is 14.1. The van der Waals surface area contributed by atoms with Crippen LogP contribution in [0.4, 0.5) is 43.7 Å². The molecule has 15 heteroatoms. The molecule has 2 aromatic carbocycles. The Bertz CT molecular complexity index is 1110. The molecule has 3 aromatic rings. The van der Waals surface area contributed by atoms with Gasteiger partial charge < -0.3 is 22.2 Å². The van der Waals surface area contributed by atoms with E-state index in [-0.39, 0.29) is 27.9 Å². The van der Waals surface area contributed by atoms with E-state index in [9.17, 15) is 26.3 Å². The van der Waals surface area contributed by atoms with Crippen LogP contribution >= 0.6 is 39.1 Å². The minimum Gasteiger partial charge on any atom is -0.397 e. The molecule has 0 saturated heterocycles. The molecule has 0 amide bonds. The molecule has 0 spiro atoms. The van der Waals surface area contributed by atoms with E-state index < -0.39 is 28.5 Å². The third kappa shape index (κ3) is 7.27. The lowest BCUT2D eigenvalue weighted by atomic mass is 10.1. The van der Waals surface area contributed by atoms with Crippen molar-refractivity contribution in [2.24, 2.45) is 0 Å². The summed E-state index contributed by atoms with van der Waals surface area (Å²) in [5.74, 6) is 0.0559. The van der Waals surface area contributed by atoms with Gasteiger partial charge in [0.15, 0.2) is 5.95 Å². The Labute approximate surface area is 189 Å². The lowest BCUT2D eigenvalue weighted by molar-refractivity contribution is -0.138. The molecule has 1 aromatic heterocycles. The van der Waals surface area contributed by atoms with E-state index in [4.69, 9.17) is 45.7 Å². The van der Waals surface area contributed by atoms with Gasteiger partial charge in [-0.1, -0.05) is 23.2 Å². The number of nitriles is 1. The van der Waals surface area contributed by atoms with Gasteiger partial charge in [-0.3, -0.25) is 0 Å². The van der Waals surface area contributed by atoms with E-state index in [1.165, 1.54) is 0 Å². The molecule has 0 bridgehead atoms. The van der Waals surface area contributed by atoms with E-state index in [0.29, 0.717) is 5.52 Å². The number of nitrogens with two attached hydrogens (primary N) is 3. The average molecular weight is 552 g/mol. The Balaban J connectivity index is 0.000000278. The number of alkyl halides is 6.